The highest BCUT2D eigenvalue weighted by Crippen LogP contribution is 2.48. The van der Waals surface area contributed by atoms with Crippen molar-refractivity contribution in [2.45, 2.75) is 25.9 Å². The van der Waals surface area contributed by atoms with Gasteiger partial charge in [0.15, 0.2) is 0 Å². The van der Waals surface area contributed by atoms with Crippen LogP contribution >= 0.6 is 11.6 Å². The van der Waals surface area contributed by atoms with Gasteiger partial charge >= 0.3 is 5.97 Å². The predicted molar refractivity (Wildman–Crippen MR) is 92.7 cm³/mol. The van der Waals surface area contributed by atoms with Gasteiger partial charge in [-0.3, -0.25) is 4.79 Å². The first kappa shape index (κ1) is 16.0. The van der Waals surface area contributed by atoms with Crippen LogP contribution in [0.2, 0.25) is 5.15 Å². The van der Waals surface area contributed by atoms with E-state index in [1.807, 2.05) is 49.4 Å². The number of hydrogen-bond donors (Lipinski definition) is 0. The van der Waals surface area contributed by atoms with Crippen LogP contribution in [0.25, 0.3) is 5.69 Å². The van der Waals surface area contributed by atoms with Crippen LogP contribution in [-0.4, -0.2) is 15.7 Å². The minimum Gasteiger partial charge on any atom is -0.469 e. The lowest BCUT2D eigenvalue weighted by Gasteiger charge is -2.05. The Labute approximate surface area is 150 Å². The molecular weight excluding hydrogens is 340 g/mol. The maximum atomic E-state index is 12.2. The van der Waals surface area contributed by atoms with E-state index in [-0.39, 0.29) is 24.4 Å². The highest BCUT2D eigenvalue weighted by atomic mass is 35.5. The van der Waals surface area contributed by atoms with Gasteiger partial charge in [0.1, 0.15) is 17.5 Å². The summed E-state index contributed by atoms with van der Waals surface area (Å²) in [6.45, 7) is 1.98. The molecule has 128 valence electrons. The molecule has 0 N–H and O–H groups in total. The summed E-state index contributed by atoms with van der Waals surface area (Å²) in [5.74, 6) is 0.623. The van der Waals surface area contributed by atoms with Crippen LogP contribution in [0, 0.1) is 12.8 Å². The lowest BCUT2D eigenvalue weighted by molar-refractivity contribution is -0.146. The first-order valence-corrected chi connectivity index (χ1v) is 8.52. The molecule has 0 amide bonds. The zero-order valence-electron chi connectivity index (χ0n) is 13.7. The third kappa shape index (κ3) is 3.07. The lowest BCUT2D eigenvalue weighted by atomic mass is 10.2. The number of esters is 1. The fraction of sp³-hybridized carbons (Fsp3) is 0.263. The van der Waals surface area contributed by atoms with Crippen molar-refractivity contribution < 1.29 is 13.9 Å². The smallest absolute Gasteiger partial charge is 0.310 e. The molecule has 0 unspecified atom stereocenters. The summed E-state index contributed by atoms with van der Waals surface area (Å²) in [7, 11) is 0. The first-order chi connectivity index (χ1) is 12.1. The van der Waals surface area contributed by atoms with E-state index in [0.717, 1.165) is 29.1 Å². The van der Waals surface area contributed by atoms with Gasteiger partial charge in [0.25, 0.3) is 0 Å². The monoisotopic (exact) mass is 356 g/mol. The number of carbonyl (C=O) groups is 1. The van der Waals surface area contributed by atoms with E-state index in [4.69, 9.17) is 20.8 Å². The lowest BCUT2D eigenvalue weighted by Crippen LogP contribution is -2.08. The normalized spacial score (nSPS) is 19.0. The molecule has 1 aliphatic carbocycles. The van der Waals surface area contributed by atoms with E-state index >= 15 is 0 Å². The number of aromatic nitrogens is 2. The van der Waals surface area contributed by atoms with Crippen LogP contribution in [0.15, 0.2) is 53.1 Å². The fourth-order valence-electron chi connectivity index (χ4n) is 2.96. The van der Waals surface area contributed by atoms with Crippen molar-refractivity contribution in [2.75, 3.05) is 0 Å². The van der Waals surface area contributed by atoms with Gasteiger partial charge in [0.05, 0.1) is 23.6 Å². The Hall–Kier alpha value is -2.53. The number of benzene rings is 1. The molecule has 5 nitrogen and oxygen atoms in total. The number of nitrogens with zero attached hydrogens (tertiary/aromatic N) is 2. The van der Waals surface area contributed by atoms with E-state index in [1.54, 1.807) is 10.9 Å². The second kappa shape index (κ2) is 6.41. The largest absolute Gasteiger partial charge is 0.469 e. The molecule has 2 aromatic heterocycles. The average Bonchev–Trinajstić information content (AvgIpc) is 3.13. The molecule has 0 aliphatic heterocycles. The van der Waals surface area contributed by atoms with E-state index in [2.05, 4.69) is 5.10 Å². The average molecular weight is 357 g/mol. The molecular formula is C19H17ClN2O3. The quantitative estimate of drug-likeness (QED) is 0.640. The second-order valence-electron chi connectivity index (χ2n) is 6.17. The maximum Gasteiger partial charge on any atom is 0.310 e. The maximum absolute atomic E-state index is 12.2. The molecule has 4 rings (SSSR count). The molecule has 0 bridgehead atoms. The molecule has 0 saturated heterocycles. The van der Waals surface area contributed by atoms with Gasteiger partial charge in [-0.2, -0.15) is 5.10 Å². The van der Waals surface area contributed by atoms with Crippen LogP contribution in [0.3, 0.4) is 0 Å². The van der Waals surface area contributed by atoms with Crippen molar-refractivity contribution in [1.82, 2.24) is 9.78 Å². The standard InChI is InChI=1S/C19H17ClN2O3/c1-12-16(18(20)22(21-12)13-6-3-2-4-7-13)11-25-19(23)15-10-14(15)17-8-5-9-24-17/h2-9,14-15H,10-11H2,1H3/t14-,15-/m1/s1. The minimum atomic E-state index is -0.218. The van der Waals surface area contributed by atoms with Crippen LogP contribution in [0.1, 0.15) is 29.4 Å². The van der Waals surface area contributed by atoms with Gasteiger partial charge in [-0.15, -0.1) is 0 Å². The SMILES string of the molecule is Cc1nn(-c2ccccc2)c(Cl)c1COC(=O)[C@@H]1C[C@H]1c1ccco1. The third-order valence-electron chi connectivity index (χ3n) is 4.48. The third-order valence-corrected chi connectivity index (χ3v) is 4.87. The van der Waals surface area contributed by atoms with E-state index in [9.17, 15) is 4.79 Å². The Morgan fingerprint density at radius 1 is 1.32 bits per heavy atom. The summed E-state index contributed by atoms with van der Waals surface area (Å²) in [6.07, 6.45) is 2.39. The zero-order chi connectivity index (χ0) is 17.4. The Bertz CT molecular complexity index is 887. The Balaban J connectivity index is 1.44. The Morgan fingerprint density at radius 3 is 2.84 bits per heavy atom. The number of furan rings is 1. The summed E-state index contributed by atoms with van der Waals surface area (Å²) in [4.78, 5) is 12.2. The van der Waals surface area contributed by atoms with Crippen molar-refractivity contribution in [3.63, 3.8) is 0 Å². The molecule has 1 aromatic carbocycles. The van der Waals surface area contributed by atoms with Crippen molar-refractivity contribution in [2.24, 2.45) is 5.92 Å². The highest BCUT2D eigenvalue weighted by molar-refractivity contribution is 6.30. The van der Waals surface area contributed by atoms with Crippen LogP contribution in [0.5, 0.6) is 0 Å². The van der Waals surface area contributed by atoms with Gasteiger partial charge in [-0.25, -0.2) is 4.68 Å². The van der Waals surface area contributed by atoms with Crippen molar-refractivity contribution in [1.29, 1.82) is 0 Å². The molecule has 3 aromatic rings. The summed E-state index contributed by atoms with van der Waals surface area (Å²) in [6, 6.07) is 13.3. The van der Waals surface area contributed by atoms with E-state index in [0.29, 0.717) is 5.15 Å². The second-order valence-corrected chi connectivity index (χ2v) is 6.53. The number of aryl methyl sites for hydroxylation is 1. The summed E-state index contributed by atoms with van der Waals surface area (Å²) in [5, 5.41) is 4.92. The summed E-state index contributed by atoms with van der Waals surface area (Å²) < 4.78 is 12.5. The fourth-order valence-corrected chi connectivity index (χ4v) is 3.28. The molecule has 0 spiro atoms. The molecule has 6 heteroatoms. The number of halogens is 1. The van der Waals surface area contributed by atoms with E-state index in [1.165, 1.54) is 0 Å². The number of para-hydroxylation sites is 1. The van der Waals surface area contributed by atoms with Gasteiger partial charge in [-0.1, -0.05) is 29.8 Å². The number of carbonyl (C=O) groups excluding carboxylic acids is 1. The van der Waals surface area contributed by atoms with Gasteiger partial charge in [-0.05, 0) is 37.6 Å². The number of hydrogen-bond acceptors (Lipinski definition) is 4. The Morgan fingerprint density at radius 2 is 2.12 bits per heavy atom. The van der Waals surface area contributed by atoms with Crippen LogP contribution in [0.4, 0.5) is 0 Å². The molecule has 1 aliphatic rings. The molecule has 2 heterocycles. The first-order valence-electron chi connectivity index (χ1n) is 8.14. The molecule has 25 heavy (non-hydrogen) atoms. The Kier molecular flexibility index (Phi) is 4.09. The minimum absolute atomic E-state index is 0.123. The molecule has 1 saturated carbocycles. The van der Waals surface area contributed by atoms with Gasteiger partial charge < -0.3 is 9.15 Å². The zero-order valence-corrected chi connectivity index (χ0v) is 14.4. The molecule has 2 atom stereocenters. The van der Waals surface area contributed by atoms with Crippen molar-refractivity contribution in [3.05, 3.63) is 70.9 Å². The summed E-state index contributed by atoms with van der Waals surface area (Å²) >= 11 is 6.45. The number of rotatable bonds is 5. The summed E-state index contributed by atoms with van der Waals surface area (Å²) in [5.41, 5.74) is 2.35. The predicted octanol–water partition coefficient (Wildman–Crippen LogP) is 4.27. The van der Waals surface area contributed by atoms with Crippen LogP contribution in [-0.2, 0) is 16.1 Å². The molecule has 0 radical (unpaired) electrons. The molecule has 1 fully saturated rings. The van der Waals surface area contributed by atoms with Gasteiger partial charge in [0, 0.05) is 11.5 Å². The highest BCUT2D eigenvalue weighted by Gasteiger charge is 2.47. The number of ether oxygens (including phenoxy) is 1. The topological polar surface area (TPSA) is 57.3 Å². The van der Waals surface area contributed by atoms with Crippen LogP contribution < -0.4 is 0 Å². The van der Waals surface area contributed by atoms with E-state index < -0.39 is 0 Å². The van der Waals surface area contributed by atoms with Gasteiger partial charge in [0.2, 0.25) is 0 Å². The van der Waals surface area contributed by atoms with Crippen molar-refractivity contribution in [3.8, 4) is 5.69 Å². The van der Waals surface area contributed by atoms with Crippen molar-refractivity contribution >= 4 is 17.6 Å².